The van der Waals surface area contributed by atoms with Crippen molar-refractivity contribution >= 4 is 28.1 Å². The first-order chi connectivity index (χ1) is 18.2. The first-order valence-electron chi connectivity index (χ1n) is 13.8. The largest absolute Gasteiger partial charge is 0.470 e. The molecule has 1 unspecified atom stereocenters. The Kier molecular flexibility index (Phi) is 7.67. The minimum Gasteiger partial charge on any atom is -0.470 e. The summed E-state index contributed by atoms with van der Waals surface area (Å²) < 4.78 is 11.4. The highest BCUT2D eigenvalue weighted by Gasteiger charge is 2.26. The molecule has 1 saturated heterocycles. The number of thiazole rings is 1. The minimum absolute atomic E-state index is 0.0226. The molecule has 0 spiro atoms. The first-order valence-corrected chi connectivity index (χ1v) is 14.6. The summed E-state index contributed by atoms with van der Waals surface area (Å²) in [6, 6.07) is 9.89. The van der Waals surface area contributed by atoms with Crippen molar-refractivity contribution in [2.45, 2.75) is 57.5 Å². The highest BCUT2D eigenvalue weighted by molar-refractivity contribution is 7.13. The lowest BCUT2D eigenvalue weighted by atomic mass is 9.84. The molecule has 2 aliphatic heterocycles. The molecule has 37 heavy (non-hydrogen) atoms. The summed E-state index contributed by atoms with van der Waals surface area (Å²) in [5.41, 5.74) is 2.80. The zero-order chi connectivity index (χ0) is 25.0. The number of amides is 1. The zero-order valence-corrected chi connectivity index (χ0v) is 22.2. The smallest absolute Gasteiger partial charge is 0.273 e. The van der Waals surface area contributed by atoms with Gasteiger partial charge in [-0.2, -0.15) is 0 Å². The maximum Gasteiger partial charge on any atom is 0.273 e. The van der Waals surface area contributed by atoms with E-state index in [0.29, 0.717) is 5.92 Å². The molecule has 8 heteroatoms. The van der Waals surface area contributed by atoms with Gasteiger partial charge < -0.3 is 14.8 Å². The molecule has 1 atom stereocenters. The van der Waals surface area contributed by atoms with Gasteiger partial charge >= 0.3 is 0 Å². The van der Waals surface area contributed by atoms with E-state index in [-0.39, 0.29) is 11.9 Å². The molecule has 1 aromatic carbocycles. The normalized spacial score (nSPS) is 24.2. The van der Waals surface area contributed by atoms with Gasteiger partial charge in [-0.25, -0.2) is 4.98 Å². The molecule has 1 saturated carbocycles. The van der Waals surface area contributed by atoms with E-state index in [1.54, 1.807) is 17.5 Å². The summed E-state index contributed by atoms with van der Waals surface area (Å²) >= 11 is 1.73. The predicted octanol–water partition coefficient (Wildman–Crippen LogP) is 4.84. The average molecular weight is 521 g/mol. The van der Waals surface area contributed by atoms with Crippen LogP contribution in [0.3, 0.4) is 0 Å². The summed E-state index contributed by atoms with van der Waals surface area (Å²) in [7, 11) is 0. The third kappa shape index (κ3) is 5.97. The highest BCUT2D eigenvalue weighted by atomic mass is 32.1. The van der Waals surface area contributed by atoms with Crippen LogP contribution in [0.25, 0.3) is 10.9 Å². The standard InChI is InChI=1S/C29H36N4O3S/c34-28(24-3-1-5-25-23(24)4-2-13-30-25)31-22-8-6-20(7-9-22)10-14-33-15-11-27-26(17-33)32-29(37-27)36-19-21-12-16-35-18-21/h1-5,13,20-22H,6-12,14-19H2,(H,31,34)/t20-,21?,22-. The molecule has 1 amide bonds. The average Bonchev–Trinajstić information content (AvgIpc) is 3.60. The number of nitrogens with zero attached hydrogens (tertiary/aromatic N) is 3. The summed E-state index contributed by atoms with van der Waals surface area (Å²) in [6.07, 6.45) is 9.64. The van der Waals surface area contributed by atoms with E-state index in [2.05, 4.69) is 15.2 Å². The van der Waals surface area contributed by atoms with Crippen molar-refractivity contribution in [1.29, 1.82) is 0 Å². The van der Waals surface area contributed by atoms with Gasteiger partial charge in [0, 0.05) is 53.7 Å². The molecule has 0 radical (unpaired) electrons. The molecule has 6 rings (SSSR count). The number of nitrogens with one attached hydrogen (secondary N) is 1. The Morgan fingerprint density at radius 3 is 2.92 bits per heavy atom. The van der Waals surface area contributed by atoms with E-state index in [1.807, 2.05) is 30.3 Å². The minimum atomic E-state index is 0.0226. The first kappa shape index (κ1) is 24.8. The van der Waals surface area contributed by atoms with Gasteiger partial charge in [0.15, 0.2) is 0 Å². The highest BCUT2D eigenvalue weighted by Crippen LogP contribution is 2.32. The van der Waals surface area contributed by atoms with E-state index in [0.717, 1.165) is 92.7 Å². The quantitative estimate of drug-likeness (QED) is 0.458. The van der Waals surface area contributed by atoms with Gasteiger partial charge in [0.1, 0.15) is 0 Å². The topological polar surface area (TPSA) is 76.6 Å². The maximum absolute atomic E-state index is 13.0. The zero-order valence-electron chi connectivity index (χ0n) is 21.4. The van der Waals surface area contributed by atoms with Crippen molar-refractivity contribution in [2.75, 3.05) is 32.9 Å². The van der Waals surface area contributed by atoms with Crippen LogP contribution < -0.4 is 10.1 Å². The fourth-order valence-corrected chi connectivity index (χ4v) is 6.83. The van der Waals surface area contributed by atoms with E-state index < -0.39 is 0 Å². The molecule has 196 valence electrons. The molecular weight excluding hydrogens is 484 g/mol. The van der Waals surface area contributed by atoms with Crippen LogP contribution in [-0.2, 0) is 17.7 Å². The van der Waals surface area contributed by atoms with Gasteiger partial charge in [-0.15, -0.1) is 0 Å². The van der Waals surface area contributed by atoms with Gasteiger partial charge in [-0.3, -0.25) is 14.7 Å². The Hall–Kier alpha value is -2.55. The maximum atomic E-state index is 13.0. The Morgan fingerprint density at radius 2 is 2.05 bits per heavy atom. The number of hydrogen-bond acceptors (Lipinski definition) is 7. The van der Waals surface area contributed by atoms with Crippen molar-refractivity contribution in [3.63, 3.8) is 0 Å². The van der Waals surface area contributed by atoms with Crippen LogP contribution in [0.1, 0.15) is 59.5 Å². The Bertz CT molecular complexity index is 1210. The van der Waals surface area contributed by atoms with Gasteiger partial charge in [-0.1, -0.05) is 23.5 Å². The van der Waals surface area contributed by atoms with Crippen molar-refractivity contribution in [1.82, 2.24) is 20.2 Å². The molecule has 1 N–H and O–H groups in total. The second kappa shape index (κ2) is 11.5. The molecule has 2 fully saturated rings. The number of ether oxygens (including phenoxy) is 2. The Morgan fingerprint density at radius 1 is 1.14 bits per heavy atom. The lowest BCUT2D eigenvalue weighted by Crippen LogP contribution is -2.38. The molecule has 2 aromatic heterocycles. The summed E-state index contributed by atoms with van der Waals surface area (Å²) in [5.74, 6) is 1.27. The van der Waals surface area contributed by atoms with Crippen LogP contribution in [-0.4, -0.2) is 59.7 Å². The van der Waals surface area contributed by atoms with Gasteiger partial charge in [0.25, 0.3) is 11.1 Å². The number of fused-ring (bicyclic) bond motifs is 2. The molecule has 1 aliphatic carbocycles. The molecule has 3 aliphatic rings. The lowest BCUT2D eigenvalue weighted by molar-refractivity contribution is 0.0921. The number of carbonyl (C=O) groups is 1. The molecule has 3 aromatic rings. The number of benzene rings is 1. The third-order valence-corrected chi connectivity index (χ3v) is 9.25. The number of rotatable bonds is 8. The molecule has 0 bridgehead atoms. The van der Waals surface area contributed by atoms with Crippen molar-refractivity contribution in [3.8, 4) is 5.19 Å². The van der Waals surface area contributed by atoms with Crippen molar-refractivity contribution < 1.29 is 14.3 Å². The van der Waals surface area contributed by atoms with E-state index in [4.69, 9.17) is 14.5 Å². The van der Waals surface area contributed by atoms with E-state index in [1.165, 1.54) is 29.8 Å². The second-order valence-corrected chi connectivity index (χ2v) is 11.8. The van der Waals surface area contributed by atoms with Crippen LogP contribution in [0.5, 0.6) is 5.19 Å². The van der Waals surface area contributed by atoms with E-state index in [9.17, 15) is 4.79 Å². The Labute approximate surface area is 222 Å². The van der Waals surface area contributed by atoms with Crippen LogP contribution in [0.15, 0.2) is 36.5 Å². The number of hydrogen-bond donors (Lipinski definition) is 1. The fraction of sp³-hybridized carbons (Fsp3) is 0.552. The summed E-state index contributed by atoms with van der Waals surface area (Å²) in [4.78, 5) is 26.1. The SMILES string of the molecule is O=C(N[C@H]1CC[C@H](CCN2CCc3sc(OCC4CCOC4)nc3C2)CC1)c1cccc2ncccc12. The fourth-order valence-electron chi connectivity index (χ4n) is 5.91. The lowest BCUT2D eigenvalue weighted by Gasteiger charge is -2.32. The van der Waals surface area contributed by atoms with Crippen molar-refractivity contribution in [2.24, 2.45) is 11.8 Å². The van der Waals surface area contributed by atoms with Crippen LogP contribution in [0.4, 0.5) is 0 Å². The summed E-state index contributed by atoms with van der Waals surface area (Å²) in [5, 5.41) is 5.04. The monoisotopic (exact) mass is 520 g/mol. The number of aromatic nitrogens is 2. The third-order valence-electron chi connectivity index (χ3n) is 8.18. The number of pyridine rings is 1. The van der Waals surface area contributed by atoms with Crippen LogP contribution in [0, 0.1) is 11.8 Å². The predicted molar refractivity (Wildman–Crippen MR) is 145 cm³/mol. The Balaban J connectivity index is 0.937. The van der Waals surface area contributed by atoms with Gasteiger partial charge in [-0.05, 0) is 75.6 Å². The van der Waals surface area contributed by atoms with E-state index >= 15 is 0 Å². The van der Waals surface area contributed by atoms with Crippen LogP contribution in [0.2, 0.25) is 0 Å². The second-order valence-electron chi connectivity index (χ2n) is 10.8. The summed E-state index contributed by atoms with van der Waals surface area (Å²) in [6.45, 7) is 5.56. The number of carbonyl (C=O) groups excluding carboxylic acids is 1. The molecule has 4 heterocycles. The molecular formula is C29H36N4O3S. The van der Waals surface area contributed by atoms with Crippen molar-refractivity contribution in [3.05, 3.63) is 52.7 Å². The van der Waals surface area contributed by atoms with Gasteiger partial charge in [0.2, 0.25) is 0 Å². The molecule has 7 nitrogen and oxygen atoms in total. The van der Waals surface area contributed by atoms with Gasteiger partial charge in [0.05, 0.1) is 24.4 Å². The van der Waals surface area contributed by atoms with Crippen LogP contribution >= 0.6 is 11.3 Å².